The van der Waals surface area contributed by atoms with Crippen LogP contribution in [0.4, 0.5) is 5.69 Å². The Morgan fingerprint density at radius 2 is 2.03 bits per heavy atom. The largest absolute Gasteiger partial charge is 0.484 e. The number of amides is 2. The summed E-state index contributed by atoms with van der Waals surface area (Å²) in [5, 5.41) is 3.32. The second-order valence-corrected chi connectivity index (χ2v) is 7.74. The monoisotopic (exact) mass is 428 g/mol. The van der Waals surface area contributed by atoms with Crippen molar-refractivity contribution in [3.63, 3.8) is 0 Å². The van der Waals surface area contributed by atoms with Crippen molar-refractivity contribution in [1.82, 2.24) is 5.32 Å². The minimum atomic E-state index is -0.717. The number of anilines is 1. The Kier molecular flexibility index (Phi) is 5.63. The standard InChI is InChI=1S/C22H21ClN2O5/c1-13(22(28)24-15-7-8-15)25-17-10-14(6-9-20(17)30-12-21(25)27)18(26)11-29-19-5-3-2-4-16(19)23/h2-6,9-10,13,15H,7-8,11-12H2,1H3,(H,24,28). The summed E-state index contributed by atoms with van der Waals surface area (Å²) in [6.07, 6.45) is 1.91. The van der Waals surface area contributed by atoms with Crippen molar-refractivity contribution in [3.05, 3.63) is 53.1 Å². The Morgan fingerprint density at radius 3 is 2.77 bits per heavy atom. The predicted octanol–water partition coefficient (Wildman–Crippen LogP) is 2.99. The molecule has 1 saturated carbocycles. The molecule has 2 aromatic carbocycles. The Morgan fingerprint density at radius 1 is 1.27 bits per heavy atom. The van der Waals surface area contributed by atoms with Crippen molar-refractivity contribution in [2.75, 3.05) is 18.1 Å². The molecule has 0 saturated heterocycles. The van der Waals surface area contributed by atoms with Crippen LogP contribution >= 0.6 is 11.6 Å². The molecule has 30 heavy (non-hydrogen) atoms. The zero-order valence-electron chi connectivity index (χ0n) is 16.4. The van der Waals surface area contributed by atoms with Gasteiger partial charge >= 0.3 is 0 Å². The summed E-state index contributed by atoms with van der Waals surface area (Å²) >= 11 is 6.05. The molecule has 1 heterocycles. The number of Topliss-reactive ketones (excluding diaryl/α,β-unsaturated/α-hetero) is 1. The van der Waals surface area contributed by atoms with Crippen molar-refractivity contribution in [1.29, 1.82) is 0 Å². The van der Waals surface area contributed by atoms with Crippen molar-refractivity contribution >= 4 is 34.9 Å². The van der Waals surface area contributed by atoms with Crippen LogP contribution in [0.5, 0.6) is 11.5 Å². The molecule has 2 aliphatic rings. The fourth-order valence-electron chi connectivity index (χ4n) is 3.22. The summed E-state index contributed by atoms with van der Waals surface area (Å²) in [5.41, 5.74) is 0.743. The van der Waals surface area contributed by atoms with Gasteiger partial charge in [0.1, 0.15) is 17.5 Å². The summed E-state index contributed by atoms with van der Waals surface area (Å²) in [6.45, 7) is 1.30. The highest BCUT2D eigenvalue weighted by atomic mass is 35.5. The van der Waals surface area contributed by atoms with E-state index in [4.69, 9.17) is 21.1 Å². The quantitative estimate of drug-likeness (QED) is 0.685. The maximum Gasteiger partial charge on any atom is 0.265 e. The van der Waals surface area contributed by atoms with Gasteiger partial charge in [-0.2, -0.15) is 0 Å². The van der Waals surface area contributed by atoms with Crippen molar-refractivity contribution in [3.8, 4) is 11.5 Å². The van der Waals surface area contributed by atoms with Gasteiger partial charge in [-0.25, -0.2) is 0 Å². The van der Waals surface area contributed by atoms with Crippen LogP contribution in [0.1, 0.15) is 30.1 Å². The van der Waals surface area contributed by atoms with Gasteiger partial charge in [-0.1, -0.05) is 23.7 Å². The SMILES string of the molecule is CC(C(=O)NC1CC1)N1C(=O)COc2ccc(C(=O)COc3ccccc3Cl)cc21. The number of fused-ring (bicyclic) bond motifs is 1. The van der Waals surface area contributed by atoms with Crippen LogP contribution in [-0.4, -0.2) is 42.9 Å². The van der Waals surface area contributed by atoms with Gasteiger partial charge < -0.3 is 14.8 Å². The highest BCUT2D eigenvalue weighted by molar-refractivity contribution is 6.32. The van der Waals surface area contributed by atoms with Gasteiger partial charge in [0, 0.05) is 11.6 Å². The number of carbonyl (C=O) groups is 3. The number of nitrogens with zero attached hydrogens (tertiary/aromatic N) is 1. The second kappa shape index (κ2) is 8.36. The fraction of sp³-hybridized carbons (Fsp3) is 0.318. The average molecular weight is 429 g/mol. The lowest BCUT2D eigenvalue weighted by atomic mass is 10.1. The highest BCUT2D eigenvalue weighted by Gasteiger charge is 2.35. The molecule has 1 aliphatic carbocycles. The number of rotatable bonds is 7. The van der Waals surface area contributed by atoms with Crippen molar-refractivity contribution < 1.29 is 23.9 Å². The molecular formula is C22H21ClN2O5. The number of ketones is 1. The van der Waals surface area contributed by atoms with E-state index in [-0.39, 0.29) is 36.9 Å². The van der Waals surface area contributed by atoms with E-state index in [9.17, 15) is 14.4 Å². The van der Waals surface area contributed by atoms with E-state index in [0.717, 1.165) is 12.8 Å². The summed E-state index contributed by atoms with van der Waals surface area (Å²) in [5.74, 6) is 0.0151. The zero-order chi connectivity index (χ0) is 21.3. The average Bonchev–Trinajstić information content (AvgIpc) is 3.56. The molecule has 0 radical (unpaired) electrons. The Hall–Kier alpha value is -3.06. The van der Waals surface area contributed by atoms with Gasteiger partial charge in [-0.3, -0.25) is 19.3 Å². The highest BCUT2D eigenvalue weighted by Crippen LogP contribution is 2.35. The molecular weight excluding hydrogens is 408 g/mol. The van der Waals surface area contributed by atoms with E-state index in [1.807, 2.05) is 0 Å². The molecule has 0 spiro atoms. The third-order valence-corrected chi connectivity index (χ3v) is 5.36. The van der Waals surface area contributed by atoms with Crippen LogP contribution in [0.2, 0.25) is 5.02 Å². The molecule has 8 heteroatoms. The molecule has 1 N–H and O–H groups in total. The molecule has 156 valence electrons. The minimum absolute atomic E-state index is 0.156. The van der Waals surface area contributed by atoms with Crippen LogP contribution in [0.15, 0.2) is 42.5 Å². The number of ether oxygens (including phenoxy) is 2. The van der Waals surface area contributed by atoms with Crippen LogP contribution in [0.25, 0.3) is 0 Å². The lowest BCUT2D eigenvalue weighted by Gasteiger charge is -2.33. The molecule has 0 bridgehead atoms. The van der Waals surface area contributed by atoms with E-state index in [1.54, 1.807) is 49.4 Å². The number of para-hydroxylation sites is 1. The molecule has 4 rings (SSSR count). The molecule has 7 nitrogen and oxygen atoms in total. The van der Waals surface area contributed by atoms with Crippen LogP contribution in [0, 0.1) is 0 Å². The van der Waals surface area contributed by atoms with Crippen LogP contribution < -0.4 is 19.7 Å². The third kappa shape index (κ3) is 4.26. The van der Waals surface area contributed by atoms with E-state index in [0.29, 0.717) is 27.8 Å². The first-order valence-corrected chi connectivity index (χ1v) is 10.1. The first kappa shape index (κ1) is 20.2. The van der Waals surface area contributed by atoms with E-state index in [1.165, 1.54) is 4.90 Å². The third-order valence-electron chi connectivity index (χ3n) is 5.05. The molecule has 2 aromatic rings. The molecule has 1 fully saturated rings. The summed E-state index contributed by atoms with van der Waals surface area (Å²) < 4.78 is 11.0. The Balaban J connectivity index is 1.53. The van der Waals surface area contributed by atoms with Crippen molar-refractivity contribution in [2.45, 2.75) is 31.8 Å². The lowest BCUT2D eigenvalue weighted by Crippen LogP contribution is -2.51. The zero-order valence-corrected chi connectivity index (χ0v) is 17.1. The molecule has 1 atom stereocenters. The smallest absolute Gasteiger partial charge is 0.265 e. The van der Waals surface area contributed by atoms with Crippen molar-refractivity contribution in [2.24, 2.45) is 0 Å². The van der Waals surface area contributed by atoms with E-state index < -0.39 is 6.04 Å². The van der Waals surface area contributed by atoms with Gasteiger partial charge in [0.05, 0.1) is 10.7 Å². The topological polar surface area (TPSA) is 84.9 Å². The number of hydrogen-bond acceptors (Lipinski definition) is 5. The predicted molar refractivity (Wildman–Crippen MR) is 111 cm³/mol. The number of halogens is 1. The molecule has 1 unspecified atom stereocenters. The van der Waals surface area contributed by atoms with Gasteiger partial charge in [0.25, 0.3) is 5.91 Å². The maximum absolute atomic E-state index is 12.7. The maximum atomic E-state index is 12.7. The number of benzene rings is 2. The first-order chi connectivity index (χ1) is 14.4. The van der Waals surface area contributed by atoms with Gasteiger partial charge in [0.15, 0.2) is 19.0 Å². The molecule has 2 amide bonds. The van der Waals surface area contributed by atoms with Gasteiger partial charge in [0.2, 0.25) is 5.91 Å². The van der Waals surface area contributed by atoms with Gasteiger partial charge in [-0.05, 0) is 50.1 Å². The normalized spacial score (nSPS) is 16.3. The molecule has 1 aliphatic heterocycles. The lowest BCUT2D eigenvalue weighted by molar-refractivity contribution is -0.127. The Labute approximate surface area is 178 Å². The second-order valence-electron chi connectivity index (χ2n) is 7.34. The number of hydrogen-bond donors (Lipinski definition) is 1. The fourth-order valence-corrected chi connectivity index (χ4v) is 3.41. The first-order valence-electron chi connectivity index (χ1n) is 9.74. The molecule has 0 aromatic heterocycles. The van der Waals surface area contributed by atoms with Crippen LogP contribution in [-0.2, 0) is 9.59 Å². The minimum Gasteiger partial charge on any atom is -0.484 e. The Bertz CT molecular complexity index is 1000. The number of carbonyl (C=O) groups excluding carboxylic acids is 3. The summed E-state index contributed by atoms with van der Waals surface area (Å²) in [4.78, 5) is 39.1. The summed E-state index contributed by atoms with van der Waals surface area (Å²) in [7, 11) is 0. The van der Waals surface area contributed by atoms with Crippen LogP contribution in [0.3, 0.4) is 0 Å². The van der Waals surface area contributed by atoms with E-state index in [2.05, 4.69) is 5.32 Å². The van der Waals surface area contributed by atoms with Gasteiger partial charge in [-0.15, -0.1) is 0 Å². The number of nitrogens with one attached hydrogen (secondary N) is 1. The summed E-state index contributed by atoms with van der Waals surface area (Å²) in [6, 6.07) is 11.2. The van der Waals surface area contributed by atoms with E-state index >= 15 is 0 Å².